The highest BCUT2D eigenvalue weighted by molar-refractivity contribution is 4.93. The van der Waals surface area contributed by atoms with Gasteiger partial charge in [0.1, 0.15) is 0 Å². The smallest absolute Gasteiger partial charge is 0.0685 e. The van der Waals surface area contributed by atoms with Gasteiger partial charge in [0.15, 0.2) is 0 Å². The van der Waals surface area contributed by atoms with Crippen LogP contribution in [-0.2, 0) is 9.47 Å². The monoisotopic (exact) mass is 284 g/mol. The van der Waals surface area contributed by atoms with Crippen molar-refractivity contribution in [1.29, 1.82) is 0 Å². The summed E-state index contributed by atoms with van der Waals surface area (Å²) in [5.74, 6) is 7.03. The number of nitrogens with one attached hydrogen (secondary N) is 1. The minimum Gasteiger partial charge on any atom is -0.384 e. The first kappa shape index (κ1) is 16.2. The second-order valence-electron chi connectivity index (χ2n) is 6.91. The lowest BCUT2D eigenvalue weighted by Gasteiger charge is -2.45. The van der Waals surface area contributed by atoms with E-state index in [0.29, 0.717) is 17.9 Å². The summed E-state index contributed by atoms with van der Waals surface area (Å²) in [5, 5.41) is 0. The number of rotatable bonds is 6. The minimum absolute atomic E-state index is 0.167. The number of ether oxygens (including phenoxy) is 2. The summed E-state index contributed by atoms with van der Waals surface area (Å²) in [7, 11) is 1.77. The van der Waals surface area contributed by atoms with E-state index in [2.05, 4.69) is 12.3 Å². The fourth-order valence-corrected chi connectivity index (χ4v) is 4.14. The first-order valence-corrected chi connectivity index (χ1v) is 8.28. The molecule has 3 N–H and O–H groups in total. The van der Waals surface area contributed by atoms with Gasteiger partial charge in [0.2, 0.25) is 0 Å². The quantitative estimate of drug-likeness (QED) is 0.581. The van der Waals surface area contributed by atoms with Gasteiger partial charge in [-0.25, -0.2) is 0 Å². The molecule has 0 radical (unpaired) electrons. The van der Waals surface area contributed by atoms with Crippen LogP contribution in [0.25, 0.3) is 0 Å². The molecular weight excluding hydrogens is 252 g/mol. The normalized spacial score (nSPS) is 29.2. The van der Waals surface area contributed by atoms with Gasteiger partial charge in [0.25, 0.3) is 0 Å². The topological polar surface area (TPSA) is 56.5 Å². The van der Waals surface area contributed by atoms with E-state index >= 15 is 0 Å². The molecule has 2 rings (SSSR count). The van der Waals surface area contributed by atoms with E-state index in [1.807, 2.05) is 0 Å². The summed E-state index contributed by atoms with van der Waals surface area (Å²) in [6.07, 6.45) is 9.92. The zero-order chi connectivity index (χ0) is 14.4. The Morgan fingerprint density at radius 2 is 2.10 bits per heavy atom. The lowest BCUT2D eigenvalue weighted by molar-refractivity contribution is -0.122. The van der Waals surface area contributed by atoms with Gasteiger partial charge >= 0.3 is 0 Å². The number of hydrogen-bond donors (Lipinski definition) is 2. The molecule has 3 unspecified atom stereocenters. The molecule has 1 saturated heterocycles. The maximum absolute atomic E-state index is 6.19. The maximum atomic E-state index is 6.19. The lowest BCUT2D eigenvalue weighted by atomic mass is 9.73. The highest BCUT2D eigenvalue weighted by Crippen LogP contribution is 2.42. The van der Waals surface area contributed by atoms with Crippen molar-refractivity contribution in [3.63, 3.8) is 0 Å². The van der Waals surface area contributed by atoms with Gasteiger partial charge in [-0.2, -0.15) is 0 Å². The van der Waals surface area contributed by atoms with E-state index in [1.54, 1.807) is 7.11 Å². The molecule has 0 aromatic carbocycles. The van der Waals surface area contributed by atoms with Crippen molar-refractivity contribution in [3.8, 4) is 0 Å². The number of hydrogen-bond acceptors (Lipinski definition) is 4. The zero-order valence-corrected chi connectivity index (χ0v) is 13.2. The highest BCUT2D eigenvalue weighted by Gasteiger charge is 2.40. The van der Waals surface area contributed by atoms with Gasteiger partial charge < -0.3 is 9.47 Å². The van der Waals surface area contributed by atoms with E-state index in [1.165, 1.54) is 38.5 Å². The summed E-state index contributed by atoms with van der Waals surface area (Å²) in [6, 6.07) is 0.392. The molecule has 1 aliphatic carbocycles. The molecule has 1 saturated carbocycles. The average Bonchev–Trinajstić information content (AvgIpc) is 2.46. The Kier molecular flexibility index (Phi) is 6.27. The molecule has 0 aromatic heterocycles. The molecule has 2 fully saturated rings. The van der Waals surface area contributed by atoms with E-state index in [4.69, 9.17) is 15.3 Å². The van der Waals surface area contributed by atoms with Crippen molar-refractivity contribution in [2.24, 2.45) is 17.7 Å². The average molecular weight is 284 g/mol. The molecule has 118 valence electrons. The van der Waals surface area contributed by atoms with Crippen molar-refractivity contribution >= 4 is 0 Å². The van der Waals surface area contributed by atoms with Crippen molar-refractivity contribution in [1.82, 2.24) is 5.43 Å². The summed E-state index contributed by atoms with van der Waals surface area (Å²) in [5.41, 5.74) is 3.24. The van der Waals surface area contributed by atoms with Crippen molar-refractivity contribution in [2.75, 3.05) is 20.3 Å². The van der Waals surface area contributed by atoms with Crippen LogP contribution < -0.4 is 11.3 Å². The fraction of sp³-hybridized carbons (Fsp3) is 1.00. The molecule has 3 atom stereocenters. The third-order valence-electron chi connectivity index (χ3n) is 5.19. The van der Waals surface area contributed by atoms with E-state index in [-0.39, 0.29) is 5.60 Å². The number of hydrazine groups is 1. The Hall–Kier alpha value is -0.160. The van der Waals surface area contributed by atoms with Crippen LogP contribution in [0.2, 0.25) is 0 Å². The van der Waals surface area contributed by atoms with Crippen LogP contribution in [0.4, 0.5) is 0 Å². The van der Waals surface area contributed by atoms with Gasteiger partial charge in [-0.3, -0.25) is 11.3 Å². The predicted octanol–water partition coefficient (Wildman–Crippen LogP) is 2.62. The van der Waals surface area contributed by atoms with Gasteiger partial charge in [-0.1, -0.05) is 26.2 Å². The SMILES string of the molecule is COCC(C)CC(NN)C1CCOC2(CCCCC2)C1. The molecule has 0 amide bonds. The molecule has 4 nitrogen and oxygen atoms in total. The number of methoxy groups -OCH3 is 1. The van der Waals surface area contributed by atoms with Crippen LogP contribution >= 0.6 is 0 Å². The van der Waals surface area contributed by atoms with Crippen LogP contribution in [0.3, 0.4) is 0 Å². The Balaban J connectivity index is 1.91. The fourth-order valence-electron chi connectivity index (χ4n) is 4.14. The summed E-state index contributed by atoms with van der Waals surface area (Å²) >= 11 is 0. The van der Waals surface area contributed by atoms with Gasteiger partial charge in [0.05, 0.1) is 5.60 Å². The molecule has 1 spiro atoms. The van der Waals surface area contributed by atoms with Crippen LogP contribution in [0.15, 0.2) is 0 Å². The molecular formula is C16H32N2O2. The minimum atomic E-state index is 0.167. The van der Waals surface area contributed by atoms with Gasteiger partial charge in [-0.05, 0) is 43.9 Å². The number of nitrogens with two attached hydrogens (primary N) is 1. The molecule has 0 bridgehead atoms. The Morgan fingerprint density at radius 3 is 2.75 bits per heavy atom. The molecule has 0 aromatic rings. The van der Waals surface area contributed by atoms with Gasteiger partial charge in [0, 0.05) is 26.4 Å². The highest BCUT2D eigenvalue weighted by atomic mass is 16.5. The maximum Gasteiger partial charge on any atom is 0.0685 e. The molecule has 1 heterocycles. The van der Waals surface area contributed by atoms with Crippen molar-refractivity contribution < 1.29 is 9.47 Å². The summed E-state index contributed by atoms with van der Waals surface area (Å²) in [6.45, 7) is 3.96. The molecule has 1 aliphatic heterocycles. The van der Waals surface area contributed by atoms with Crippen LogP contribution in [0.5, 0.6) is 0 Å². The molecule has 4 heteroatoms. The van der Waals surface area contributed by atoms with Crippen LogP contribution in [0, 0.1) is 11.8 Å². The van der Waals surface area contributed by atoms with E-state index in [0.717, 1.165) is 26.1 Å². The van der Waals surface area contributed by atoms with Crippen molar-refractivity contribution in [3.05, 3.63) is 0 Å². The van der Waals surface area contributed by atoms with E-state index < -0.39 is 0 Å². The van der Waals surface area contributed by atoms with Crippen LogP contribution in [0.1, 0.15) is 58.3 Å². The lowest BCUT2D eigenvalue weighted by Crippen LogP contribution is -2.50. The Morgan fingerprint density at radius 1 is 1.35 bits per heavy atom. The van der Waals surface area contributed by atoms with Crippen LogP contribution in [-0.4, -0.2) is 32.0 Å². The third-order valence-corrected chi connectivity index (χ3v) is 5.19. The first-order chi connectivity index (χ1) is 9.69. The second-order valence-corrected chi connectivity index (χ2v) is 6.91. The largest absolute Gasteiger partial charge is 0.384 e. The summed E-state index contributed by atoms with van der Waals surface area (Å²) in [4.78, 5) is 0. The Labute approximate surface area is 123 Å². The first-order valence-electron chi connectivity index (χ1n) is 8.28. The predicted molar refractivity (Wildman–Crippen MR) is 81.3 cm³/mol. The van der Waals surface area contributed by atoms with Gasteiger partial charge in [-0.15, -0.1) is 0 Å². The van der Waals surface area contributed by atoms with Crippen molar-refractivity contribution in [2.45, 2.75) is 69.9 Å². The third kappa shape index (κ3) is 4.17. The van der Waals surface area contributed by atoms with E-state index in [9.17, 15) is 0 Å². The molecule has 20 heavy (non-hydrogen) atoms. The molecule has 2 aliphatic rings. The standard InChI is InChI=1S/C16H32N2O2/c1-13(12-19-2)10-15(18-17)14-6-9-20-16(11-14)7-4-3-5-8-16/h13-15,18H,3-12,17H2,1-2H3. The summed E-state index contributed by atoms with van der Waals surface area (Å²) < 4.78 is 11.4. The second kappa shape index (κ2) is 7.74. The zero-order valence-electron chi connectivity index (χ0n) is 13.2. The Bertz CT molecular complexity index is 274.